The Labute approximate surface area is 165 Å². The lowest BCUT2D eigenvalue weighted by Gasteiger charge is -2.29. The van der Waals surface area contributed by atoms with Crippen LogP contribution in [-0.4, -0.2) is 28.0 Å². The average molecular weight is 403 g/mol. The van der Waals surface area contributed by atoms with Crippen LogP contribution in [0.25, 0.3) is 10.9 Å². The van der Waals surface area contributed by atoms with E-state index in [2.05, 4.69) is 15.3 Å². The predicted molar refractivity (Wildman–Crippen MR) is 102 cm³/mol. The van der Waals surface area contributed by atoms with E-state index in [1.165, 1.54) is 6.07 Å². The van der Waals surface area contributed by atoms with E-state index in [9.17, 15) is 18.0 Å². The minimum absolute atomic E-state index is 0.0438. The molecule has 1 amide bonds. The number of alkyl halides is 3. The van der Waals surface area contributed by atoms with Crippen molar-refractivity contribution in [2.75, 3.05) is 0 Å². The first-order valence-electron chi connectivity index (χ1n) is 9.46. The number of H-pyrrole nitrogens is 1. The zero-order valence-electron chi connectivity index (χ0n) is 15.5. The number of pyridine rings is 1. The van der Waals surface area contributed by atoms with Crippen LogP contribution in [0, 0.1) is 0 Å². The fraction of sp³-hybridized carbons (Fsp3) is 0.333. The predicted octanol–water partition coefficient (Wildman–Crippen LogP) is 4.70. The topological polar surface area (TPSA) is 67.0 Å². The molecule has 0 bridgehead atoms. The summed E-state index contributed by atoms with van der Waals surface area (Å²) in [7, 11) is 0. The highest BCUT2D eigenvalue weighted by atomic mass is 19.4. The molecule has 3 aromatic rings. The third-order valence-electron chi connectivity index (χ3n) is 5.18. The fourth-order valence-electron chi connectivity index (χ4n) is 3.57. The first kappa shape index (κ1) is 19.3. The maximum atomic E-state index is 12.6. The summed E-state index contributed by atoms with van der Waals surface area (Å²) in [6.45, 7) is 0. The fourth-order valence-corrected chi connectivity index (χ4v) is 3.57. The minimum Gasteiger partial charge on any atom is -0.474 e. The van der Waals surface area contributed by atoms with Crippen LogP contribution in [0.15, 0.2) is 48.8 Å². The number of aromatic amines is 1. The van der Waals surface area contributed by atoms with Crippen LogP contribution in [0.1, 0.15) is 41.6 Å². The van der Waals surface area contributed by atoms with E-state index >= 15 is 0 Å². The van der Waals surface area contributed by atoms with E-state index in [0.717, 1.165) is 36.0 Å². The molecular formula is C21H20F3N3O2. The normalized spacial score (nSPS) is 19.8. The van der Waals surface area contributed by atoms with E-state index < -0.39 is 11.7 Å². The molecule has 1 aromatic carbocycles. The molecular weight excluding hydrogens is 383 g/mol. The number of rotatable bonds is 4. The van der Waals surface area contributed by atoms with Crippen LogP contribution in [0.4, 0.5) is 13.2 Å². The highest BCUT2D eigenvalue weighted by molar-refractivity contribution is 5.98. The lowest BCUT2D eigenvalue weighted by atomic mass is 9.92. The number of hydrogen-bond acceptors (Lipinski definition) is 3. The van der Waals surface area contributed by atoms with Crippen molar-refractivity contribution in [1.29, 1.82) is 0 Å². The molecule has 152 valence electrons. The number of fused-ring (bicyclic) bond motifs is 1. The van der Waals surface area contributed by atoms with Gasteiger partial charge in [-0.2, -0.15) is 13.2 Å². The van der Waals surface area contributed by atoms with Gasteiger partial charge in [-0.25, -0.2) is 4.98 Å². The first-order valence-corrected chi connectivity index (χ1v) is 9.46. The molecule has 0 aliphatic heterocycles. The number of aromatic nitrogens is 2. The molecule has 2 aromatic heterocycles. The van der Waals surface area contributed by atoms with Crippen molar-refractivity contribution in [3.63, 3.8) is 0 Å². The summed E-state index contributed by atoms with van der Waals surface area (Å²) in [6, 6.07) is 9.74. The van der Waals surface area contributed by atoms with Crippen molar-refractivity contribution in [3.8, 4) is 5.88 Å². The first-order chi connectivity index (χ1) is 13.9. The smallest absolute Gasteiger partial charge is 0.417 e. The maximum Gasteiger partial charge on any atom is 0.417 e. The summed E-state index contributed by atoms with van der Waals surface area (Å²) < 4.78 is 43.5. The van der Waals surface area contributed by atoms with Crippen molar-refractivity contribution < 1.29 is 22.7 Å². The Morgan fingerprint density at radius 3 is 2.59 bits per heavy atom. The van der Waals surface area contributed by atoms with Crippen molar-refractivity contribution in [2.45, 2.75) is 44.0 Å². The third kappa shape index (κ3) is 4.52. The van der Waals surface area contributed by atoms with Gasteiger partial charge in [-0.3, -0.25) is 4.79 Å². The number of amides is 1. The summed E-state index contributed by atoms with van der Waals surface area (Å²) in [6.07, 6.45) is 0.952. The Balaban J connectivity index is 1.28. The molecule has 0 unspecified atom stereocenters. The number of carbonyl (C=O) groups excluding carboxylic acids is 1. The van der Waals surface area contributed by atoms with Gasteiger partial charge in [-0.05, 0) is 55.3 Å². The molecule has 29 heavy (non-hydrogen) atoms. The van der Waals surface area contributed by atoms with E-state index in [0.29, 0.717) is 18.4 Å². The molecule has 5 nitrogen and oxygen atoms in total. The Hall–Kier alpha value is -3.03. The minimum atomic E-state index is -4.41. The quantitative estimate of drug-likeness (QED) is 0.664. The van der Waals surface area contributed by atoms with E-state index in [1.54, 1.807) is 6.07 Å². The molecule has 8 heteroatoms. The molecule has 0 saturated heterocycles. The number of ether oxygens (including phenoxy) is 1. The Kier molecular flexibility index (Phi) is 5.17. The van der Waals surface area contributed by atoms with Gasteiger partial charge in [-0.15, -0.1) is 0 Å². The largest absolute Gasteiger partial charge is 0.474 e. The van der Waals surface area contributed by atoms with Crippen LogP contribution in [0.5, 0.6) is 5.88 Å². The lowest BCUT2D eigenvalue weighted by Crippen LogP contribution is -2.39. The van der Waals surface area contributed by atoms with E-state index in [4.69, 9.17) is 4.74 Å². The van der Waals surface area contributed by atoms with Gasteiger partial charge in [-0.1, -0.05) is 6.07 Å². The second-order valence-electron chi connectivity index (χ2n) is 7.23. The van der Waals surface area contributed by atoms with Crippen LogP contribution < -0.4 is 10.1 Å². The summed E-state index contributed by atoms with van der Waals surface area (Å²) >= 11 is 0. The summed E-state index contributed by atoms with van der Waals surface area (Å²) in [5, 5.41) is 4.10. The van der Waals surface area contributed by atoms with E-state index in [-0.39, 0.29) is 23.9 Å². The monoisotopic (exact) mass is 403 g/mol. The third-order valence-corrected chi connectivity index (χ3v) is 5.18. The van der Waals surface area contributed by atoms with Gasteiger partial charge in [0.05, 0.1) is 5.56 Å². The molecule has 1 saturated carbocycles. The number of carbonyl (C=O) groups is 1. The van der Waals surface area contributed by atoms with Crippen LogP contribution in [0.2, 0.25) is 0 Å². The second-order valence-corrected chi connectivity index (χ2v) is 7.23. The molecule has 1 fully saturated rings. The van der Waals surface area contributed by atoms with Gasteiger partial charge >= 0.3 is 6.18 Å². The Morgan fingerprint density at radius 1 is 1.10 bits per heavy atom. The molecule has 2 N–H and O–H groups in total. The molecule has 2 heterocycles. The van der Waals surface area contributed by atoms with Crippen molar-refractivity contribution in [1.82, 2.24) is 15.3 Å². The Morgan fingerprint density at radius 2 is 1.90 bits per heavy atom. The van der Waals surface area contributed by atoms with Crippen molar-refractivity contribution >= 4 is 16.8 Å². The van der Waals surface area contributed by atoms with Crippen LogP contribution in [0.3, 0.4) is 0 Å². The average Bonchev–Trinajstić information content (AvgIpc) is 3.17. The molecule has 0 spiro atoms. The highest BCUT2D eigenvalue weighted by Crippen LogP contribution is 2.30. The van der Waals surface area contributed by atoms with Gasteiger partial charge in [0.25, 0.3) is 5.91 Å². The summed E-state index contributed by atoms with van der Waals surface area (Å²) in [5.74, 6) is 0.0695. The summed E-state index contributed by atoms with van der Waals surface area (Å²) in [4.78, 5) is 19.4. The van der Waals surface area contributed by atoms with Gasteiger partial charge < -0.3 is 15.0 Å². The van der Waals surface area contributed by atoms with E-state index in [1.807, 2.05) is 24.4 Å². The van der Waals surface area contributed by atoms with Crippen molar-refractivity contribution in [2.24, 2.45) is 0 Å². The zero-order chi connectivity index (χ0) is 20.4. The molecule has 0 atom stereocenters. The highest BCUT2D eigenvalue weighted by Gasteiger charge is 2.31. The molecule has 1 aliphatic rings. The van der Waals surface area contributed by atoms with Gasteiger partial charge in [0.15, 0.2) is 0 Å². The molecule has 0 radical (unpaired) electrons. The molecule has 1 aliphatic carbocycles. The molecule has 4 rings (SSSR count). The lowest BCUT2D eigenvalue weighted by molar-refractivity contribution is -0.137. The van der Waals surface area contributed by atoms with Crippen LogP contribution in [-0.2, 0) is 6.18 Å². The standard InChI is InChI=1S/C21H20F3N3O2/c22-21(23,24)15-3-8-19(26-12-15)29-17-6-4-16(5-7-17)27-20(28)14-2-1-13-9-10-25-18(13)11-14/h1-3,8-12,16-17,25H,4-7H2,(H,27,28). The van der Waals surface area contributed by atoms with Crippen LogP contribution >= 0.6 is 0 Å². The van der Waals surface area contributed by atoms with Crippen molar-refractivity contribution in [3.05, 3.63) is 59.9 Å². The number of halogens is 3. The number of nitrogens with zero attached hydrogens (tertiary/aromatic N) is 1. The number of nitrogens with one attached hydrogen (secondary N) is 2. The summed E-state index contributed by atoms with van der Waals surface area (Å²) in [5.41, 5.74) is 0.722. The second kappa shape index (κ2) is 7.77. The SMILES string of the molecule is O=C(NC1CCC(Oc2ccc(C(F)(F)F)cn2)CC1)c1ccc2cc[nH]c2c1. The van der Waals surface area contributed by atoms with Gasteiger partial charge in [0.2, 0.25) is 5.88 Å². The maximum absolute atomic E-state index is 12.6. The zero-order valence-corrected chi connectivity index (χ0v) is 15.5. The Bertz CT molecular complexity index is 990. The number of benzene rings is 1. The number of hydrogen-bond donors (Lipinski definition) is 2. The van der Waals surface area contributed by atoms with Gasteiger partial charge in [0, 0.05) is 35.6 Å². The van der Waals surface area contributed by atoms with Gasteiger partial charge in [0.1, 0.15) is 6.10 Å².